The minimum atomic E-state index is -0.548. The van der Waals surface area contributed by atoms with E-state index in [2.05, 4.69) is 5.32 Å². The van der Waals surface area contributed by atoms with Gasteiger partial charge in [-0.2, -0.15) is 0 Å². The van der Waals surface area contributed by atoms with E-state index in [0.717, 1.165) is 16.9 Å². The van der Waals surface area contributed by atoms with Gasteiger partial charge in [-0.15, -0.1) is 0 Å². The van der Waals surface area contributed by atoms with E-state index in [0.29, 0.717) is 0 Å². The van der Waals surface area contributed by atoms with Crippen molar-refractivity contribution in [3.63, 3.8) is 0 Å². The molecule has 1 heterocycles. The number of anilines is 2. The Balaban J connectivity index is 2.53. The van der Waals surface area contributed by atoms with Crippen LogP contribution in [0.2, 0.25) is 0 Å². The Kier molecular flexibility index (Phi) is 3.12. The van der Waals surface area contributed by atoms with Crippen LogP contribution in [0.15, 0.2) is 18.2 Å². The number of carbonyl (C=O) groups is 2. The fourth-order valence-corrected chi connectivity index (χ4v) is 2.57. The van der Waals surface area contributed by atoms with Crippen LogP contribution >= 0.6 is 0 Å². The molecule has 1 aliphatic rings. The molecule has 0 saturated carbocycles. The van der Waals surface area contributed by atoms with Crippen LogP contribution in [-0.2, 0) is 15.0 Å². The minimum Gasteiger partial charge on any atom is -0.326 e. The number of hydrogen-bond acceptors (Lipinski definition) is 2. The smallest absolute Gasteiger partial charge is 0.237 e. The molecule has 0 unspecified atom stereocenters. The molecule has 4 nitrogen and oxygen atoms in total. The lowest BCUT2D eigenvalue weighted by molar-refractivity contribution is -0.122. The molecule has 2 amide bonds. The first kappa shape index (κ1) is 13.6. The second-order valence-corrected chi connectivity index (χ2v) is 5.81. The summed E-state index contributed by atoms with van der Waals surface area (Å²) >= 11 is 0. The van der Waals surface area contributed by atoms with Gasteiger partial charge in [0, 0.05) is 24.3 Å². The van der Waals surface area contributed by atoms with Crippen LogP contribution in [0.3, 0.4) is 0 Å². The van der Waals surface area contributed by atoms with Gasteiger partial charge in [0.15, 0.2) is 0 Å². The van der Waals surface area contributed by atoms with Gasteiger partial charge in [-0.05, 0) is 51.5 Å². The first-order valence-corrected chi connectivity index (χ1v) is 6.51. The van der Waals surface area contributed by atoms with Gasteiger partial charge in [0.2, 0.25) is 11.8 Å². The molecule has 0 saturated heterocycles. The molecule has 1 aromatic carbocycles. The van der Waals surface area contributed by atoms with Gasteiger partial charge in [-0.25, -0.2) is 0 Å². The zero-order chi connectivity index (χ0) is 14.4. The topological polar surface area (TPSA) is 49.4 Å². The van der Waals surface area contributed by atoms with Crippen molar-refractivity contribution in [1.82, 2.24) is 0 Å². The van der Waals surface area contributed by atoms with Crippen molar-refractivity contribution in [3.05, 3.63) is 23.8 Å². The molecule has 0 atom stereocenters. The number of nitrogens with zero attached hydrogens (tertiary/aromatic N) is 1. The highest BCUT2D eigenvalue weighted by atomic mass is 16.2. The summed E-state index contributed by atoms with van der Waals surface area (Å²) in [6.45, 7) is 9.34. The predicted molar refractivity (Wildman–Crippen MR) is 76.4 cm³/mol. The third-order valence-corrected chi connectivity index (χ3v) is 3.52. The van der Waals surface area contributed by atoms with E-state index in [-0.39, 0.29) is 17.9 Å². The molecule has 1 aliphatic heterocycles. The highest BCUT2D eigenvalue weighted by Gasteiger charge is 2.44. The molecule has 4 heteroatoms. The number of fused-ring (bicyclic) bond motifs is 1. The van der Waals surface area contributed by atoms with Crippen molar-refractivity contribution in [3.8, 4) is 0 Å². The third-order valence-electron chi connectivity index (χ3n) is 3.52. The van der Waals surface area contributed by atoms with Gasteiger partial charge in [0.05, 0.1) is 5.41 Å². The summed E-state index contributed by atoms with van der Waals surface area (Å²) in [6, 6.07) is 5.77. The summed E-state index contributed by atoms with van der Waals surface area (Å²) in [4.78, 5) is 25.4. The Morgan fingerprint density at radius 2 is 1.95 bits per heavy atom. The molecule has 0 radical (unpaired) electrons. The van der Waals surface area contributed by atoms with Gasteiger partial charge in [-0.1, -0.05) is 0 Å². The van der Waals surface area contributed by atoms with E-state index in [9.17, 15) is 9.59 Å². The number of hydrogen-bond donors (Lipinski definition) is 1. The van der Waals surface area contributed by atoms with Crippen LogP contribution in [0.25, 0.3) is 0 Å². The molecule has 0 aliphatic carbocycles. The molecular weight excluding hydrogens is 240 g/mol. The molecule has 0 fully saturated rings. The van der Waals surface area contributed by atoms with E-state index in [4.69, 9.17) is 0 Å². The normalized spacial score (nSPS) is 16.7. The van der Waals surface area contributed by atoms with Crippen LogP contribution < -0.4 is 10.2 Å². The Bertz CT molecular complexity index is 547. The quantitative estimate of drug-likeness (QED) is 0.888. The minimum absolute atomic E-state index is 0.109. The maximum atomic E-state index is 12.5. The zero-order valence-electron chi connectivity index (χ0n) is 12.1. The molecule has 2 rings (SSSR count). The third kappa shape index (κ3) is 2.11. The number of rotatable bonds is 2. The summed E-state index contributed by atoms with van der Waals surface area (Å²) < 4.78 is 0. The average Bonchev–Trinajstić information content (AvgIpc) is 2.47. The number of nitrogens with one attached hydrogen (secondary N) is 1. The lowest BCUT2D eigenvalue weighted by Gasteiger charge is -2.24. The monoisotopic (exact) mass is 260 g/mol. The Hall–Kier alpha value is -1.84. The van der Waals surface area contributed by atoms with Crippen LogP contribution in [0.5, 0.6) is 0 Å². The Morgan fingerprint density at radius 1 is 1.32 bits per heavy atom. The lowest BCUT2D eigenvalue weighted by Crippen LogP contribution is -2.40. The van der Waals surface area contributed by atoms with Crippen molar-refractivity contribution in [2.45, 2.75) is 46.1 Å². The summed E-state index contributed by atoms with van der Waals surface area (Å²) in [5.41, 5.74) is 2.10. The molecule has 1 N–H and O–H groups in total. The largest absolute Gasteiger partial charge is 0.326 e. The maximum Gasteiger partial charge on any atom is 0.237 e. The van der Waals surface area contributed by atoms with E-state index in [1.807, 2.05) is 50.8 Å². The van der Waals surface area contributed by atoms with Gasteiger partial charge in [0.1, 0.15) is 0 Å². The molecular formula is C15H20N2O2. The van der Waals surface area contributed by atoms with Crippen molar-refractivity contribution in [1.29, 1.82) is 0 Å². The first-order valence-electron chi connectivity index (χ1n) is 6.51. The molecule has 0 aromatic heterocycles. The van der Waals surface area contributed by atoms with Gasteiger partial charge < -0.3 is 10.2 Å². The van der Waals surface area contributed by atoms with E-state index in [1.54, 1.807) is 0 Å². The van der Waals surface area contributed by atoms with Crippen LogP contribution in [0, 0.1) is 0 Å². The Morgan fingerprint density at radius 3 is 2.47 bits per heavy atom. The van der Waals surface area contributed by atoms with Crippen molar-refractivity contribution in [2.24, 2.45) is 0 Å². The van der Waals surface area contributed by atoms with Crippen molar-refractivity contribution >= 4 is 23.2 Å². The Labute approximate surface area is 113 Å². The maximum absolute atomic E-state index is 12.5. The molecule has 0 spiro atoms. The SMILES string of the molecule is CC(=O)Nc1ccc2c(c1)C(C)(C)C(=O)N2C(C)C. The predicted octanol–water partition coefficient (Wildman–Crippen LogP) is 2.68. The second-order valence-electron chi connectivity index (χ2n) is 5.81. The summed E-state index contributed by atoms with van der Waals surface area (Å²) in [5, 5.41) is 2.76. The van der Waals surface area contributed by atoms with Gasteiger partial charge in [0.25, 0.3) is 0 Å². The fraction of sp³-hybridized carbons (Fsp3) is 0.467. The summed E-state index contributed by atoms with van der Waals surface area (Å²) in [6.07, 6.45) is 0. The van der Waals surface area contributed by atoms with Gasteiger partial charge >= 0.3 is 0 Å². The van der Waals surface area contributed by atoms with Crippen LogP contribution in [0.1, 0.15) is 40.2 Å². The van der Waals surface area contributed by atoms with Crippen LogP contribution in [-0.4, -0.2) is 17.9 Å². The van der Waals surface area contributed by atoms with Crippen LogP contribution in [0.4, 0.5) is 11.4 Å². The summed E-state index contributed by atoms with van der Waals surface area (Å²) in [7, 11) is 0. The van der Waals surface area contributed by atoms with Crippen molar-refractivity contribution in [2.75, 3.05) is 10.2 Å². The van der Waals surface area contributed by atoms with E-state index < -0.39 is 5.41 Å². The molecule has 19 heavy (non-hydrogen) atoms. The molecule has 0 bridgehead atoms. The lowest BCUT2D eigenvalue weighted by atomic mass is 9.86. The molecule has 102 valence electrons. The highest BCUT2D eigenvalue weighted by molar-refractivity contribution is 6.08. The standard InChI is InChI=1S/C15H20N2O2/c1-9(2)17-13-7-6-11(16-10(3)18)8-12(13)15(4,5)14(17)19/h6-9H,1-5H3,(H,16,18). The van der Waals surface area contributed by atoms with Crippen molar-refractivity contribution < 1.29 is 9.59 Å². The zero-order valence-corrected chi connectivity index (χ0v) is 12.1. The number of carbonyl (C=O) groups excluding carboxylic acids is 2. The summed E-state index contributed by atoms with van der Waals surface area (Å²) in [5.74, 6) is 0.000250. The number of amides is 2. The second kappa shape index (κ2) is 4.37. The average molecular weight is 260 g/mol. The highest BCUT2D eigenvalue weighted by Crippen LogP contribution is 2.43. The van der Waals surface area contributed by atoms with Gasteiger partial charge in [-0.3, -0.25) is 9.59 Å². The first-order chi connectivity index (χ1) is 8.75. The van der Waals surface area contributed by atoms with E-state index in [1.165, 1.54) is 6.92 Å². The van der Waals surface area contributed by atoms with E-state index >= 15 is 0 Å². The fourth-order valence-electron chi connectivity index (χ4n) is 2.57. The molecule has 1 aromatic rings. The number of benzene rings is 1.